The van der Waals surface area contributed by atoms with Crippen LogP contribution in [0.2, 0.25) is 5.02 Å². The van der Waals surface area contributed by atoms with Gasteiger partial charge in [0, 0.05) is 10.9 Å². The third-order valence-electron chi connectivity index (χ3n) is 4.86. The quantitative estimate of drug-likeness (QED) is 0.467. The van der Waals surface area contributed by atoms with E-state index in [0.29, 0.717) is 26.3 Å². The summed E-state index contributed by atoms with van der Waals surface area (Å²) in [6.07, 6.45) is 2.89. The number of nitrogens with zero attached hydrogens (tertiary/aromatic N) is 3. The molecule has 0 fully saturated rings. The molecule has 0 saturated heterocycles. The number of benzene rings is 2. The van der Waals surface area contributed by atoms with Gasteiger partial charge in [-0.15, -0.1) is 5.10 Å². The molecule has 0 aliphatic carbocycles. The summed E-state index contributed by atoms with van der Waals surface area (Å²) in [5.74, 6) is 1.32. The summed E-state index contributed by atoms with van der Waals surface area (Å²) in [4.78, 5) is 18.0. The van der Waals surface area contributed by atoms with E-state index in [9.17, 15) is 4.79 Å². The van der Waals surface area contributed by atoms with Crippen molar-refractivity contribution in [3.8, 4) is 0 Å². The van der Waals surface area contributed by atoms with Crippen LogP contribution in [-0.4, -0.2) is 14.6 Å². The Morgan fingerprint density at radius 3 is 2.55 bits per heavy atom. The molecule has 2 aromatic heterocycles. The molecule has 4 rings (SSSR count). The van der Waals surface area contributed by atoms with E-state index in [0.717, 1.165) is 17.5 Å². The highest BCUT2D eigenvalue weighted by molar-refractivity contribution is 7.15. The molecule has 29 heavy (non-hydrogen) atoms. The largest absolute Gasteiger partial charge is 0.291 e. The van der Waals surface area contributed by atoms with E-state index in [2.05, 4.69) is 55.1 Å². The highest BCUT2D eigenvalue weighted by atomic mass is 35.5. The van der Waals surface area contributed by atoms with Crippen molar-refractivity contribution in [2.45, 2.75) is 33.1 Å². The van der Waals surface area contributed by atoms with Gasteiger partial charge in [-0.3, -0.25) is 4.79 Å². The minimum Gasteiger partial charge on any atom is -0.266 e. The van der Waals surface area contributed by atoms with Crippen LogP contribution in [0.15, 0.2) is 53.3 Å². The third-order valence-corrected chi connectivity index (χ3v) is 6.05. The third kappa shape index (κ3) is 4.26. The molecule has 1 unspecified atom stereocenters. The minimum atomic E-state index is -0.150. The SMILES string of the molecule is CC(C)Cc1ccc(C(C)c2nc3s/c(=C\c4cccc(Cl)c4)c(=O)n3n2)cc1. The van der Waals surface area contributed by atoms with Crippen molar-refractivity contribution in [3.63, 3.8) is 0 Å². The summed E-state index contributed by atoms with van der Waals surface area (Å²) in [6.45, 7) is 6.51. The van der Waals surface area contributed by atoms with Crippen molar-refractivity contribution in [1.82, 2.24) is 14.6 Å². The van der Waals surface area contributed by atoms with Crippen LogP contribution < -0.4 is 10.1 Å². The Morgan fingerprint density at radius 1 is 1.14 bits per heavy atom. The van der Waals surface area contributed by atoms with E-state index >= 15 is 0 Å². The molecule has 4 aromatic rings. The van der Waals surface area contributed by atoms with Gasteiger partial charge in [0.25, 0.3) is 5.56 Å². The zero-order valence-corrected chi connectivity index (χ0v) is 18.2. The van der Waals surface area contributed by atoms with Crippen LogP contribution in [0.3, 0.4) is 0 Å². The maximum Gasteiger partial charge on any atom is 0.291 e. The molecular weight excluding hydrogens is 402 g/mol. The minimum absolute atomic E-state index is 0.0231. The second kappa shape index (κ2) is 8.09. The van der Waals surface area contributed by atoms with Crippen LogP contribution in [0, 0.1) is 5.92 Å². The highest BCUT2D eigenvalue weighted by Gasteiger charge is 2.17. The molecule has 2 heterocycles. The molecule has 0 spiro atoms. The fourth-order valence-corrected chi connectivity index (χ4v) is 4.46. The molecule has 148 valence electrons. The molecule has 0 saturated carbocycles. The molecule has 0 aliphatic rings. The average Bonchev–Trinajstić information content (AvgIpc) is 3.21. The highest BCUT2D eigenvalue weighted by Crippen LogP contribution is 2.23. The lowest BCUT2D eigenvalue weighted by Gasteiger charge is -2.10. The molecule has 6 heteroatoms. The smallest absolute Gasteiger partial charge is 0.266 e. The van der Waals surface area contributed by atoms with Crippen molar-refractivity contribution < 1.29 is 0 Å². The summed E-state index contributed by atoms with van der Waals surface area (Å²) < 4.78 is 2.00. The van der Waals surface area contributed by atoms with Crippen molar-refractivity contribution in [2.75, 3.05) is 0 Å². The van der Waals surface area contributed by atoms with E-state index in [1.807, 2.05) is 30.3 Å². The van der Waals surface area contributed by atoms with Crippen molar-refractivity contribution in [3.05, 3.63) is 91.0 Å². The van der Waals surface area contributed by atoms with E-state index in [1.165, 1.54) is 21.4 Å². The van der Waals surface area contributed by atoms with Gasteiger partial charge in [-0.1, -0.05) is 80.1 Å². The van der Waals surface area contributed by atoms with Gasteiger partial charge in [-0.05, 0) is 47.2 Å². The Balaban J connectivity index is 1.64. The number of rotatable bonds is 5. The Morgan fingerprint density at radius 2 is 1.90 bits per heavy atom. The first-order valence-electron chi connectivity index (χ1n) is 9.66. The first-order chi connectivity index (χ1) is 13.9. The number of fused-ring (bicyclic) bond motifs is 1. The Bertz CT molecular complexity index is 1260. The lowest BCUT2D eigenvalue weighted by Crippen LogP contribution is -2.24. The van der Waals surface area contributed by atoms with Gasteiger partial charge in [-0.2, -0.15) is 4.52 Å². The van der Waals surface area contributed by atoms with Gasteiger partial charge in [0.2, 0.25) is 4.96 Å². The van der Waals surface area contributed by atoms with Gasteiger partial charge in [0.15, 0.2) is 5.82 Å². The Hall–Kier alpha value is -2.50. The molecule has 0 aliphatic heterocycles. The first kappa shape index (κ1) is 19.8. The Labute approximate surface area is 178 Å². The van der Waals surface area contributed by atoms with Crippen LogP contribution in [0.25, 0.3) is 11.0 Å². The van der Waals surface area contributed by atoms with Crippen LogP contribution in [0.5, 0.6) is 0 Å². The number of thiazole rings is 1. The maximum absolute atomic E-state index is 12.7. The number of hydrogen-bond donors (Lipinski definition) is 0. The maximum atomic E-state index is 12.7. The lowest BCUT2D eigenvalue weighted by atomic mass is 9.96. The first-order valence-corrected chi connectivity index (χ1v) is 10.9. The van der Waals surface area contributed by atoms with E-state index in [4.69, 9.17) is 11.6 Å². The second-order valence-corrected chi connectivity index (χ2v) is 9.14. The van der Waals surface area contributed by atoms with Gasteiger partial charge < -0.3 is 0 Å². The predicted octanol–water partition coefficient (Wildman–Crippen LogP) is 4.70. The van der Waals surface area contributed by atoms with Crippen LogP contribution in [-0.2, 0) is 6.42 Å². The monoisotopic (exact) mass is 423 g/mol. The Kier molecular flexibility index (Phi) is 5.52. The van der Waals surface area contributed by atoms with E-state index in [-0.39, 0.29) is 11.5 Å². The summed E-state index contributed by atoms with van der Waals surface area (Å²) >= 11 is 7.38. The molecular formula is C23H22ClN3OS. The number of halogens is 1. The summed E-state index contributed by atoms with van der Waals surface area (Å²) in [6, 6.07) is 16.0. The zero-order chi connectivity index (χ0) is 20.5. The van der Waals surface area contributed by atoms with E-state index < -0.39 is 0 Å². The van der Waals surface area contributed by atoms with Crippen LogP contribution in [0.1, 0.15) is 49.2 Å². The molecule has 4 nitrogen and oxygen atoms in total. The summed E-state index contributed by atoms with van der Waals surface area (Å²) in [5.41, 5.74) is 3.21. The molecule has 0 amide bonds. The van der Waals surface area contributed by atoms with Gasteiger partial charge in [0.05, 0.1) is 4.53 Å². The van der Waals surface area contributed by atoms with Gasteiger partial charge in [-0.25, -0.2) is 4.98 Å². The zero-order valence-electron chi connectivity index (χ0n) is 16.6. The fraction of sp³-hybridized carbons (Fsp3) is 0.261. The van der Waals surface area contributed by atoms with E-state index in [1.54, 1.807) is 0 Å². The molecule has 0 N–H and O–H groups in total. The summed E-state index contributed by atoms with van der Waals surface area (Å²) in [5, 5.41) is 5.14. The van der Waals surface area contributed by atoms with Gasteiger partial charge in [0.1, 0.15) is 0 Å². The van der Waals surface area contributed by atoms with Gasteiger partial charge >= 0.3 is 0 Å². The fourth-order valence-electron chi connectivity index (χ4n) is 3.34. The summed E-state index contributed by atoms with van der Waals surface area (Å²) in [7, 11) is 0. The standard InChI is InChI=1S/C23H22ClN3OS/c1-14(2)11-16-7-9-18(10-8-16)15(3)21-25-23-27(26-21)22(28)20(29-23)13-17-5-4-6-19(24)12-17/h4-10,12-15H,11H2,1-3H3/b20-13-. The van der Waals surface area contributed by atoms with Crippen LogP contribution in [0.4, 0.5) is 0 Å². The number of hydrogen-bond acceptors (Lipinski definition) is 4. The van der Waals surface area contributed by atoms with Crippen LogP contribution >= 0.6 is 22.9 Å². The topological polar surface area (TPSA) is 47.3 Å². The van der Waals surface area contributed by atoms with Crippen molar-refractivity contribution in [2.24, 2.45) is 5.92 Å². The van der Waals surface area contributed by atoms with Crippen molar-refractivity contribution >= 4 is 34.0 Å². The molecule has 0 radical (unpaired) electrons. The van der Waals surface area contributed by atoms with Crippen molar-refractivity contribution in [1.29, 1.82) is 0 Å². The average molecular weight is 424 g/mol. The molecule has 1 atom stereocenters. The lowest BCUT2D eigenvalue weighted by molar-refractivity contribution is 0.647. The molecule has 2 aromatic carbocycles. The predicted molar refractivity (Wildman–Crippen MR) is 120 cm³/mol. The number of aromatic nitrogens is 3. The second-order valence-electron chi connectivity index (χ2n) is 7.70. The normalized spacial score (nSPS) is 13.5. The molecule has 0 bridgehead atoms.